The number of rotatable bonds is 2. The molecule has 0 saturated carbocycles. The molecule has 1 heterocycles. The largest absolute Gasteiger partial charge is 0.295 e. The highest BCUT2D eigenvalue weighted by atomic mass is 16.1. The van der Waals surface area contributed by atoms with E-state index in [9.17, 15) is 4.79 Å². The van der Waals surface area contributed by atoms with Gasteiger partial charge in [0.15, 0.2) is 5.78 Å². The van der Waals surface area contributed by atoms with E-state index in [-0.39, 0.29) is 5.78 Å². The zero-order valence-corrected chi connectivity index (χ0v) is 7.24. The first-order chi connectivity index (χ1) is 5.70. The second kappa shape index (κ2) is 3.81. The predicted octanol–water partition coefficient (Wildman–Crippen LogP) is 2.07. The van der Waals surface area contributed by atoms with Crippen LogP contribution in [0.2, 0.25) is 0 Å². The Bertz CT molecular complexity index is 301. The molecule has 0 N–H and O–H groups in total. The Kier molecular flexibility index (Phi) is 2.75. The van der Waals surface area contributed by atoms with Crippen LogP contribution >= 0.6 is 0 Å². The predicted molar refractivity (Wildman–Crippen MR) is 48.6 cm³/mol. The lowest BCUT2D eigenvalue weighted by Crippen LogP contribution is -1.86. The molecule has 0 fully saturated rings. The summed E-state index contributed by atoms with van der Waals surface area (Å²) in [5, 5.41) is 0. The summed E-state index contributed by atoms with van der Waals surface area (Å²) >= 11 is 0. The molecule has 0 aliphatic carbocycles. The lowest BCUT2D eigenvalue weighted by Gasteiger charge is -1.97. The fourth-order valence-electron chi connectivity index (χ4n) is 0.984. The van der Waals surface area contributed by atoms with Crippen molar-refractivity contribution in [3.8, 4) is 0 Å². The molecule has 2 nitrogen and oxygen atoms in total. The van der Waals surface area contributed by atoms with Crippen molar-refractivity contribution in [1.29, 1.82) is 0 Å². The molecule has 0 aliphatic rings. The molecule has 0 aliphatic heterocycles. The van der Waals surface area contributed by atoms with Crippen LogP contribution in [0, 0.1) is 0 Å². The van der Waals surface area contributed by atoms with Gasteiger partial charge in [-0.05, 0) is 37.1 Å². The van der Waals surface area contributed by atoms with E-state index in [1.54, 1.807) is 25.4 Å². The Balaban J connectivity index is 2.93. The average molecular weight is 161 g/mol. The summed E-state index contributed by atoms with van der Waals surface area (Å²) in [6.07, 6.45) is 5.07. The maximum atomic E-state index is 10.7. The summed E-state index contributed by atoms with van der Waals surface area (Å²) in [6.45, 7) is 3.44. The molecule has 0 bridgehead atoms. The minimum absolute atomic E-state index is 0.0661. The van der Waals surface area contributed by atoms with Gasteiger partial charge in [-0.3, -0.25) is 9.78 Å². The van der Waals surface area contributed by atoms with Crippen LogP contribution in [0.15, 0.2) is 30.6 Å². The van der Waals surface area contributed by atoms with Crippen LogP contribution in [0.25, 0.3) is 5.57 Å². The first-order valence-electron chi connectivity index (χ1n) is 3.79. The van der Waals surface area contributed by atoms with Crippen molar-refractivity contribution in [2.24, 2.45) is 0 Å². The minimum Gasteiger partial charge on any atom is -0.295 e. The third-order valence-electron chi connectivity index (χ3n) is 1.54. The van der Waals surface area contributed by atoms with E-state index in [1.807, 2.05) is 19.1 Å². The van der Waals surface area contributed by atoms with Crippen molar-refractivity contribution in [3.63, 3.8) is 0 Å². The number of carbonyl (C=O) groups is 1. The van der Waals surface area contributed by atoms with Crippen LogP contribution in [0.3, 0.4) is 0 Å². The molecule has 2 heteroatoms. The minimum atomic E-state index is 0.0661. The second-order valence-electron chi connectivity index (χ2n) is 2.68. The lowest BCUT2D eigenvalue weighted by molar-refractivity contribution is -0.112. The fraction of sp³-hybridized carbons (Fsp3) is 0.200. The van der Waals surface area contributed by atoms with Gasteiger partial charge in [0.1, 0.15) is 0 Å². The van der Waals surface area contributed by atoms with E-state index in [0.29, 0.717) is 0 Å². The third kappa shape index (κ3) is 2.31. The van der Waals surface area contributed by atoms with Crippen LogP contribution in [0.1, 0.15) is 19.4 Å². The van der Waals surface area contributed by atoms with E-state index in [4.69, 9.17) is 0 Å². The van der Waals surface area contributed by atoms with E-state index < -0.39 is 0 Å². The Morgan fingerprint density at radius 3 is 2.75 bits per heavy atom. The topological polar surface area (TPSA) is 30.0 Å². The summed E-state index contributed by atoms with van der Waals surface area (Å²) in [5.41, 5.74) is 1.95. The first kappa shape index (κ1) is 8.65. The number of hydrogen-bond donors (Lipinski definition) is 0. The molecule has 0 aromatic carbocycles. The zero-order chi connectivity index (χ0) is 8.97. The molecule has 0 spiro atoms. The van der Waals surface area contributed by atoms with Gasteiger partial charge in [-0.1, -0.05) is 6.07 Å². The summed E-state index contributed by atoms with van der Waals surface area (Å²) in [7, 11) is 0. The molecule has 0 atom stereocenters. The van der Waals surface area contributed by atoms with Gasteiger partial charge in [0.25, 0.3) is 0 Å². The quantitative estimate of drug-likeness (QED) is 0.621. The van der Waals surface area contributed by atoms with Crippen LogP contribution in [-0.2, 0) is 4.79 Å². The first-order valence-corrected chi connectivity index (χ1v) is 3.79. The number of allylic oxidation sites excluding steroid dienone is 2. The molecular weight excluding hydrogens is 150 g/mol. The molecule has 0 radical (unpaired) electrons. The van der Waals surface area contributed by atoms with Gasteiger partial charge >= 0.3 is 0 Å². The number of ketones is 1. The van der Waals surface area contributed by atoms with Crippen molar-refractivity contribution in [1.82, 2.24) is 4.98 Å². The highest BCUT2D eigenvalue weighted by molar-refractivity contribution is 5.94. The lowest BCUT2D eigenvalue weighted by atomic mass is 10.1. The molecule has 62 valence electrons. The van der Waals surface area contributed by atoms with Crippen LogP contribution in [-0.4, -0.2) is 10.8 Å². The maximum Gasteiger partial charge on any atom is 0.152 e. The van der Waals surface area contributed by atoms with Gasteiger partial charge in [0.2, 0.25) is 0 Å². The number of nitrogens with zero attached hydrogens (tertiary/aromatic N) is 1. The molecule has 1 rings (SSSR count). The number of carbonyl (C=O) groups excluding carboxylic acids is 1. The van der Waals surface area contributed by atoms with Gasteiger partial charge < -0.3 is 0 Å². The van der Waals surface area contributed by atoms with Crippen molar-refractivity contribution >= 4 is 11.4 Å². The molecule has 1 aromatic heterocycles. The summed E-state index contributed by atoms with van der Waals surface area (Å²) < 4.78 is 0. The van der Waals surface area contributed by atoms with E-state index in [1.165, 1.54) is 0 Å². The Morgan fingerprint density at radius 1 is 1.50 bits per heavy atom. The van der Waals surface area contributed by atoms with Gasteiger partial charge in [-0.25, -0.2) is 0 Å². The Morgan fingerprint density at radius 2 is 2.25 bits per heavy atom. The third-order valence-corrected chi connectivity index (χ3v) is 1.54. The number of hydrogen-bond acceptors (Lipinski definition) is 2. The fourth-order valence-corrected chi connectivity index (χ4v) is 0.984. The smallest absolute Gasteiger partial charge is 0.152 e. The normalized spacial score (nSPS) is 11.3. The van der Waals surface area contributed by atoms with Gasteiger partial charge in [0.05, 0.1) is 0 Å². The molecule has 1 aromatic rings. The molecule has 0 unspecified atom stereocenters. The van der Waals surface area contributed by atoms with E-state index in [2.05, 4.69) is 4.98 Å². The van der Waals surface area contributed by atoms with Crippen molar-refractivity contribution in [2.45, 2.75) is 13.8 Å². The molecular formula is C10H11NO. The van der Waals surface area contributed by atoms with E-state index in [0.717, 1.165) is 11.1 Å². The van der Waals surface area contributed by atoms with Crippen LogP contribution in [0.4, 0.5) is 0 Å². The summed E-state index contributed by atoms with van der Waals surface area (Å²) in [5.74, 6) is 0.0661. The second-order valence-corrected chi connectivity index (χ2v) is 2.68. The van der Waals surface area contributed by atoms with E-state index >= 15 is 0 Å². The summed E-state index contributed by atoms with van der Waals surface area (Å²) in [6, 6.07) is 3.79. The Hall–Kier alpha value is -1.44. The molecule has 0 saturated heterocycles. The zero-order valence-electron chi connectivity index (χ0n) is 7.24. The number of aromatic nitrogens is 1. The number of pyridine rings is 1. The monoisotopic (exact) mass is 161 g/mol. The van der Waals surface area contributed by atoms with Crippen molar-refractivity contribution in [2.75, 3.05) is 0 Å². The van der Waals surface area contributed by atoms with Crippen molar-refractivity contribution < 1.29 is 4.79 Å². The molecule has 0 amide bonds. The van der Waals surface area contributed by atoms with Crippen LogP contribution in [0.5, 0.6) is 0 Å². The van der Waals surface area contributed by atoms with Crippen LogP contribution < -0.4 is 0 Å². The average Bonchev–Trinajstić information content (AvgIpc) is 2.05. The van der Waals surface area contributed by atoms with Gasteiger partial charge in [0, 0.05) is 12.4 Å². The molecule has 12 heavy (non-hydrogen) atoms. The summed E-state index contributed by atoms with van der Waals surface area (Å²) in [4.78, 5) is 14.7. The highest BCUT2D eigenvalue weighted by Gasteiger charge is 1.94. The Labute approximate surface area is 71.9 Å². The SMILES string of the molecule is CC(=O)/C=C(/C)c1cccnc1. The maximum absolute atomic E-state index is 10.7. The van der Waals surface area contributed by atoms with Gasteiger partial charge in [-0.15, -0.1) is 0 Å². The van der Waals surface area contributed by atoms with Gasteiger partial charge in [-0.2, -0.15) is 0 Å². The highest BCUT2D eigenvalue weighted by Crippen LogP contribution is 2.10. The van der Waals surface area contributed by atoms with Crippen molar-refractivity contribution in [3.05, 3.63) is 36.2 Å². The standard InChI is InChI=1S/C10H11NO/c1-8(6-9(2)12)10-4-3-5-11-7-10/h3-7H,1-2H3/b8-6-.